The van der Waals surface area contributed by atoms with Gasteiger partial charge in [0.2, 0.25) is 0 Å². The summed E-state index contributed by atoms with van der Waals surface area (Å²) >= 11 is 8.03. The monoisotopic (exact) mass is 496 g/mol. The molecule has 2 heterocycles. The Morgan fingerprint density at radius 3 is 2.50 bits per heavy atom. The van der Waals surface area contributed by atoms with Gasteiger partial charge in [0, 0.05) is 22.9 Å². The van der Waals surface area contributed by atoms with Gasteiger partial charge in [0.15, 0.2) is 5.69 Å². The molecule has 0 aliphatic carbocycles. The fourth-order valence-electron chi connectivity index (χ4n) is 2.20. The predicted molar refractivity (Wildman–Crippen MR) is 110 cm³/mol. The Morgan fingerprint density at radius 1 is 1.15 bits per heavy atom. The fraction of sp³-hybridized carbons (Fsp3) is 0.118. The van der Waals surface area contributed by atoms with Gasteiger partial charge in [-0.3, -0.25) is 14.3 Å². The summed E-state index contributed by atoms with van der Waals surface area (Å²) < 4.78 is 3.24. The van der Waals surface area contributed by atoms with Crippen LogP contribution in [0.5, 0.6) is 0 Å². The summed E-state index contributed by atoms with van der Waals surface area (Å²) in [6.45, 7) is 2.49. The molecule has 9 heteroatoms. The molecule has 0 saturated heterocycles. The van der Waals surface area contributed by atoms with Gasteiger partial charge in [-0.2, -0.15) is 5.10 Å². The lowest BCUT2D eigenvalue weighted by Gasteiger charge is -2.05. The Balaban J connectivity index is 1.83. The van der Waals surface area contributed by atoms with Crippen LogP contribution in [-0.4, -0.2) is 21.6 Å². The Labute approximate surface area is 170 Å². The molecule has 6 nitrogen and oxygen atoms in total. The molecule has 0 fully saturated rings. The predicted octanol–water partition coefficient (Wildman–Crippen LogP) is 4.99. The first-order valence-electron chi connectivity index (χ1n) is 7.68. The number of nitrogens with one attached hydrogen (secondary N) is 2. The quantitative estimate of drug-likeness (QED) is 0.521. The molecule has 26 heavy (non-hydrogen) atoms. The molecular weight excluding hydrogens is 484 g/mol. The van der Waals surface area contributed by atoms with Crippen molar-refractivity contribution in [2.45, 2.75) is 13.5 Å². The van der Waals surface area contributed by atoms with Crippen LogP contribution < -0.4 is 10.6 Å². The second kappa shape index (κ2) is 8.15. The van der Waals surface area contributed by atoms with Crippen molar-refractivity contribution in [2.75, 3.05) is 10.6 Å². The molecule has 0 aliphatic heterocycles. The van der Waals surface area contributed by atoms with Gasteiger partial charge in [0.05, 0.1) is 14.4 Å². The van der Waals surface area contributed by atoms with Crippen LogP contribution in [0.4, 0.5) is 11.4 Å². The number of para-hydroxylation sites is 1. The number of carbonyl (C=O) groups excluding carboxylic acids is 2. The molecule has 0 saturated carbocycles. The molecule has 0 radical (unpaired) electrons. The minimum absolute atomic E-state index is 0.166. The van der Waals surface area contributed by atoms with E-state index in [1.165, 1.54) is 11.3 Å². The van der Waals surface area contributed by atoms with Crippen LogP contribution in [0.2, 0.25) is 0 Å². The number of anilines is 2. The van der Waals surface area contributed by atoms with E-state index >= 15 is 0 Å². The Hall–Kier alpha value is -1.97. The standard InChI is InChI=1S/C17H14Br2N4O2S/c1-2-23-9-12(21-16(24)13-8-11(18)15(19)26-13)14(22-23)17(25)20-10-6-4-3-5-7-10/h3-9H,2H2,1H3,(H,20,25)(H,21,24). The van der Waals surface area contributed by atoms with Gasteiger partial charge < -0.3 is 10.6 Å². The van der Waals surface area contributed by atoms with Crippen molar-refractivity contribution in [2.24, 2.45) is 0 Å². The second-order valence-electron chi connectivity index (χ2n) is 5.25. The topological polar surface area (TPSA) is 76.0 Å². The van der Waals surface area contributed by atoms with E-state index in [-0.39, 0.29) is 17.5 Å². The first kappa shape index (κ1) is 18.8. The van der Waals surface area contributed by atoms with Crippen molar-refractivity contribution < 1.29 is 9.59 Å². The number of rotatable bonds is 5. The highest BCUT2D eigenvalue weighted by atomic mass is 79.9. The number of halogens is 2. The Morgan fingerprint density at radius 2 is 1.88 bits per heavy atom. The zero-order valence-electron chi connectivity index (χ0n) is 13.6. The van der Waals surface area contributed by atoms with Crippen LogP contribution in [0.3, 0.4) is 0 Å². The maximum atomic E-state index is 12.6. The fourth-order valence-corrected chi connectivity index (χ4v) is 4.13. The smallest absolute Gasteiger partial charge is 0.278 e. The number of hydrogen-bond donors (Lipinski definition) is 2. The van der Waals surface area contributed by atoms with Crippen LogP contribution in [0.25, 0.3) is 0 Å². The van der Waals surface area contributed by atoms with Crippen LogP contribution in [0, 0.1) is 0 Å². The van der Waals surface area contributed by atoms with Crippen molar-refractivity contribution >= 4 is 66.4 Å². The first-order chi connectivity index (χ1) is 12.5. The Bertz CT molecular complexity index is 934. The van der Waals surface area contributed by atoms with Gasteiger partial charge in [-0.15, -0.1) is 11.3 Å². The molecule has 134 valence electrons. The summed E-state index contributed by atoms with van der Waals surface area (Å²) in [4.78, 5) is 25.6. The largest absolute Gasteiger partial charge is 0.321 e. The number of aryl methyl sites for hydroxylation is 1. The van der Waals surface area contributed by atoms with Crippen LogP contribution >= 0.6 is 43.2 Å². The van der Waals surface area contributed by atoms with E-state index in [0.29, 0.717) is 22.8 Å². The average Bonchev–Trinajstić information content (AvgIpc) is 3.19. The number of amides is 2. The molecule has 3 aromatic rings. The van der Waals surface area contributed by atoms with E-state index in [1.54, 1.807) is 29.1 Å². The van der Waals surface area contributed by atoms with E-state index < -0.39 is 0 Å². The molecule has 0 spiro atoms. The zero-order valence-corrected chi connectivity index (χ0v) is 17.6. The minimum atomic E-state index is -0.382. The lowest BCUT2D eigenvalue weighted by molar-refractivity contribution is 0.102. The van der Waals surface area contributed by atoms with Gasteiger partial charge in [0.25, 0.3) is 11.8 Å². The summed E-state index contributed by atoms with van der Waals surface area (Å²) in [5.74, 6) is -0.682. The van der Waals surface area contributed by atoms with Crippen LogP contribution in [-0.2, 0) is 6.54 Å². The summed E-state index contributed by atoms with van der Waals surface area (Å²) in [6.07, 6.45) is 1.65. The maximum Gasteiger partial charge on any atom is 0.278 e. The van der Waals surface area contributed by atoms with Gasteiger partial charge in [-0.25, -0.2) is 0 Å². The molecule has 0 atom stereocenters. The molecule has 2 amide bonds. The zero-order chi connectivity index (χ0) is 18.7. The van der Waals surface area contributed by atoms with Crippen molar-refractivity contribution in [3.63, 3.8) is 0 Å². The number of hydrogen-bond acceptors (Lipinski definition) is 4. The number of benzene rings is 1. The third-order valence-electron chi connectivity index (χ3n) is 3.45. The van der Waals surface area contributed by atoms with Crippen molar-refractivity contribution in [3.05, 3.63) is 61.4 Å². The van der Waals surface area contributed by atoms with E-state index in [4.69, 9.17) is 0 Å². The maximum absolute atomic E-state index is 12.6. The van der Waals surface area contributed by atoms with E-state index in [9.17, 15) is 9.59 Å². The summed E-state index contributed by atoms with van der Waals surface area (Å²) in [6, 6.07) is 10.8. The summed E-state index contributed by atoms with van der Waals surface area (Å²) in [5.41, 5.74) is 1.19. The number of nitrogens with zero attached hydrogens (tertiary/aromatic N) is 2. The number of aromatic nitrogens is 2. The summed E-state index contributed by atoms with van der Waals surface area (Å²) in [7, 11) is 0. The van der Waals surface area contributed by atoms with E-state index in [0.717, 1.165) is 8.26 Å². The third-order valence-corrected chi connectivity index (χ3v) is 6.70. The molecule has 2 N–H and O–H groups in total. The number of carbonyl (C=O) groups is 2. The SMILES string of the molecule is CCn1cc(NC(=O)c2cc(Br)c(Br)s2)c(C(=O)Nc2ccccc2)n1. The highest BCUT2D eigenvalue weighted by Gasteiger charge is 2.20. The van der Waals surface area contributed by atoms with E-state index in [2.05, 4.69) is 47.6 Å². The normalized spacial score (nSPS) is 10.6. The van der Waals surface area contributed by atoms with Gasteiger partial charge in [-0.1, -0.05) is 18.2 Å². The Kier molecular flexibility index (Phi) is 5.90. The van der Waals surface area contributed by atoms with E-state index in [1.807, 2.05) is 25.1 Å². The molecule has 0 bridgehead atoms. The minimum Gasteiger partial charge on any atom is -0.321 e. The second-order valence-corrected chi connectivity index (χ2v) is 8.48. The van der Waals surface area contributed by atoms with Crippen molar-refractivity contribution in [1.82, 2.24) is 9.78 Å². The average molecular weight is 498 g/mol. The van der Waals surface area contributed by atoms with Crippen LogP contribution in [0.15, 0.2) is 50.9 Å². The molecule has 1 aromatic carbocycles. The molecule has 2 aromatic heterocycles. The molecule has 3 rings (SSSR count). The lowest BCUT2D eigenvalue weighted by atomic mass is 10.3. The molecular formula is C17H14Br2N4O2S. The third kappa shape index (κ3) is 4.22. The van der Waals surface area contributed by atoms with Gasteiger partial charge >= 0.3 is 0 Å². The highest BCUT2D eigenvalue weighted by molar-refractivity contribution is 9.13. The van der Waals surface area contributed by atoms with Crippen molar-refractivity contribution in [1.29, 1.82) is 0 Å². The van der Waals surface area contributed by atoms with Gasteiger partial charge in [0.1, 0.15) is 0 Å². The molecule has 0 aliphatic rings. The van der Waals surface area contributed by atoms with Crippen LogP contribution in [0.1, 0.15) is 27.1 Å². The number of thiophene rings is 1. The van der Waals surface area contributed by atoms with Crippen molar-refractivity contribution in [3.8, 4) is 0 Å². The molecule has 0 unspecified atom stereocenters. The first-order valence-corrected chi connectivity index (χ1v) is 10.1. The summed E-state index contributed by atoms with van der Waals surface area (Å²) in [5, 5.41) is 9.83. The highest BCUT2D eigenvalue weighted by Crippen LogP contribution is 2.33. The van der Waals surface area contributed by atoms with Gasteiger partial charge in [-0.05, 0) is 57.0 Å². The lowest BCUT2D eigenvalue weighted by Crippen LogP contribution is -2.17.